The van der Waals surface area contributed by atoms with Crippen molar-refractivity contribution in [1.82, 2.24) is 9.71 Å². The number of rotatable bonds is 6. The summed E-state index contributed by atoms with van der Waals surface area (Å²) in [6.07, 6.45) is 1.27. The van der Waals surface area contributed by atoms with Crippen LogP contribution in [0.1, 0.15) is 11.5 Å². The minimum absolute atomic E-state index is 0.0172. The first-order valence-electron chi connectivity index (χ1n) is 6.08. The fourth-order valence-electron chi connectivity index (χ4n) is 1.73. The molecular weight excluding hydrogens is 296 g/mol. The minimum Gasteiger partial charge on any atom is -0.497 e. The number of nitrogens with zero attached hydrogens (tertiary/aromatic N) is 1. The van der Waals surface area contributed by atoms with Crippen LogP contribution in [0.4, 0.5) is 0 Å². The number of sulfonamides is 1. The van der Waals surface area contributed by atoms with Crippen molar-refractivity contribution in [2.75, 3.05) is 14.2 Å². The smallest absolute Gasteiger partial charge is 0.244 e. The van der Waals surface area contributed by atoms with Gasteiger partial charge in [-0.15, -0.1) is 0 Å². The third-order valence-corrected chi connectivity index (χ3v) is 4.37. The Morgan fingerprint density at radius 3 is 2.62 bits per heavy atom. The van der Waals surface area contributed by atoms with Gasteiger partial charge in [-0.1, -0.05) is 0 Å². The number of benzene rings is 1. The summed E-state index contributed by atoms with van der Waals surface area (Å²) in [5.41, 5.74) is 0.638. The summed E-state index contributed by atoms with van der Waals surface area (Å²) in [7, 11) is -0.848. The van der Waals surface area contributed by atoms with Crippen LogP contribution in [0.15, 0.2) is 33.9 Å². The quantitative estimate of drug-likeness (QED) is 0.869. The summed E-state index contributed by atoms with van der Waals surface area (Å²) in [6, 6.07) is 4.48. The molecule has 2 aromatic rings. The Morgan fingerprint density at radius 1 is 1.29 bits per heavy atom. The molecule has 21 heavy (non-hydrogen) atoms. The Hall–Kier alpha value is -2.06. The van der Waals surface area contributed by atoms with Gasteiger partial charge in [0, 0.05) is 6.07 Å². The van der Waals surface area contributed by atoms with Crippen LogP contribution in [0.2, 0.25) is 0 Å². The fraction of sp³-hybridized carbons (Fsp3) is 0.308. The molecule has 0 aliphatic heterocycles. The molecule has 0 aliphatic carbocycles. The molecule has 0 amide bonds. The Morgan fingerprint density at radius 2 is 2.05 bits per heavy atom. The maximum absolute atomic E-state index is 12.3. The number of aromatic nitrogens is 1. The highest BCUT2D eigenvalue weighted by Gasteiger charge is 2.20. The van der Waals surface area contributed by atoms with Gasteiger partial charge in [0.1, 0.15) is 22.2 Å². The van der Waals surface area contributed by atoms with Gasteiger partial charge in [-0.05, 0) is 19.1 Å². The predicted molar refractivity (Wildman–Crippen MR) is 74.8 cm³/mol. The monoisotopic (exact) mass is 312 g/mol. The molecule has 1 aromatic carbocycles. The molecule has 0 radical (unpaired) electrons. The summed E-state index contributed by atoms with van der Waals surface area (Å²) in [5.74, 6) is 1.18. The SMILES string of the molecule is COc1ccc(S(=O)(=O)NCc2ocnc2C)c(OC)c1. The maximum Gasteiger partial charge on any atom is 0.244 e. The Balaban J connectivity index is 2.25. The molecule has 1 N–H and O–H groups in total. The summed E-state index contributed by atoms with van der Waals surface area (Å²) >= 11 is 0. The van der Waals surface area contributed by atoms with Crippen molar-refractivity contribution >= 4 is 10.0 Å². The molecule has 0 atom stereocenters. The Kier molecular flexibility index (Phi) is 4.49. The molecule has 114 valence electrons. The van der Waals surface area contributed by atoms with Gasteiger partial charge in [0.2, 0.25) is 10.0 Å². The van der Waals surface area contributed by atoms with Crippen LogP contribution in [0, 0.1) is 6.92 Å². The average molecular weight is 312 g/mol. The molecule has 0 fully saturated rings. The zero-order valence-electron chi connectivity index (χ0n) is 11.9. The first-order valence-corrected chi connectivity index (χ1v) is 7.57. The molecule has 0 spiro atoms. The highest BCUT2D eigenvalue weighted by Crippen LogP contribution is 2.28. The van der Waals surface area contributed by atoms with Crippen molar-refractivity contribution in [3.8, 4) is 11.5 Å². The van der Waals surface area contributed by atoms with Crippen molar-refractivity contribution in [1.29, 1.82) is 0 Å². The van der Waals surface area contributed by atoms with Crippen LogP contribution in [0.5, 0.6) is 11.5 Å². The standard InChI is InChI=1S/C13H16N2O5S/c1-9-12(20-8-14-9)7-15-21(16,17)13-5-4-10(18-2)6-11(13)19-3/h4-6,8,15H,7H2,1-3H3. The lowest BCUT2D eigenvalue weighted by atomic mass is 10.3. The third kappa shape index (κ3) is 3.34. The summed E-state index contributed by atoms with van der Waals surface area (Å²) < 4.78 is 42.3. The highest BCUT2D eigenvalue weighted by molar-refractivity contribution is 7.89. The van der Waals surface area contributed by atoms with Crippen LogP contribution in [0.3, 0.4) is 0 Å². The average Bonchev–Trinajstić information content (AvgIpc) is 2.89. The zero-order valence-corrected chi connectivity index (χ0v) is 12.7. The van der Waals surface area contributed by atoms with Gasteiger partial charge in [-0.25, -0.2) is 18.1 Å². The first kappa shape index (κ1) is 15.3. The topological polar surface area (TPSA) is 90.7 Å². The molecule has 2 rings (SSSR count). The molecule has 1 heterocycles. The van der Waals surface area contributed by atoms with E-state index < -0.39 is 10.0 Å². The second-order valence-corrected chi connectivity index (χ2v) is 5.94. The maximum atomic E-state index is 12.3. The van der Waals surface area contributed by atoms with Crippen LogP contribution < -0.4 is 14.2 Å². The predicted octanol–water partition coefficient (Wildman–Crippen LogP) is 1.48. The van der Waals surface area contributed by atoms with E-state index in [1.807, 2.05) is 0 Å². The Bertz CT molecular complexity index is 724. The zero-order chi connectivity index (χ0) is 15.5. The van der Waals surface area contributed by atoms with Gasteiger partial charge >= 0.3 is 0 Å². The minimum atomic E-state index is -3.74. The first-order chi connectivity index (χ1) is 9.97. The van der Waals surface area contributed by atoms with Gasteiger partial charge in [0.05, 0.1) is 26.5 Å². The van der Waals surface area contributed by atoms with E-state index in [1.54, 1.807) is 13.0 Å². The van der Waals surface area contributed by atoms with E-state index in [2.05, 4.69) is 9.71 Å². The second kappa shape index (κ2) is 6.15. The van der Waals surface area contributed by atoms with Crippen LogP contribution in [-0.4, -0.2) is 27.6 Å². The lowest BCUT2D eigenvalue weighted by Gasteiger charge is -2.11. The van der Waals surface area contributed by atoms with Gasteiger partial charge in [0.15, 0.2) is 6.39 Å². The Labute approximate surface area is 122 Å². The summed E-state index contributed by atoms with van der Waals surface area (Å²) in [5, 5.41) is 0. The second-order valence-electron chi connectivity index (χ2n) is 4.20. The number of ether oxygens (including phenoxy) is 2. The van der Waals surface area contributed by atoms with E-state index in [-0.39, 0.29) is 17.2 Å². The lowest BCUT2D eigenvalue weighted by molar-refractivity contribution is 0.385. The third-order valence-electron chi connectivity index (χ3n) is 2.93. The van der Waals surface area contributed by atoms with Crippen LogP contribution in [-0.2, 0) is 16.6 Å². The molecular formula is C13H16N2O5S. The van der Waals surface area contributed by atoms with Crippen molar-refractivity contribution in [3.05, 3.63) is 36.0 Å². The van der Waals surface area contributed by atoms with Crippen molar-refractivity contribution in [3.63, 3.8) is 0 Å². The summed E-state index contributed by atoms with van der Waals surface area (Å²) in [4.78, 5) is 3.93. The fourth-order valence-corrected chi connectivity index (χ4v) is 2.86. The van der Waals surface area contributed by atoms with Gasteiger partial charge < -0.3 is 13.9 Å². The molecule has 1 aromatic heterocycles. The molecule has 0 bridgehead atoms. The molecule has 7 nitrogen and oxygen atoms in total. The van der Waals surface area contributed by atoms with Crippen LogP contribution in [0.25, 0.3) is 0 Å². The lowest BCUT2D eigenvalue weighted by Crippen LogP contribution is -2.24. The van der Waals surface area contributed by atoms with Gasteiger partial charge in [-0.3, -0.25) is 0 Å². The van der Waals surface area contributed by atoms with Gasteiger partial charge in [-0.2, -0.15) is 0 Å². The van der Waals surface area contributed by atoms with Crippen molar-refractivity contribution in [2.24, 2.45) is 0 Å². The molecule has 0 aliphatic rings. The van der Waals surface area contributed by atoms with Crippen molar-refractivity contribution < 1.29 is 22.3 Å². The van der Waals surface area contributed by atoms with Gasteiger partial charge in [0.25, 0.3) is 0 Å². The number of hydrogen-bond donors (Lipinski definition) is 1. The van der Waals surface area contributed by atoms with Crippen LogP contribution >= 0.6 is 0 Å². The van der Waals surface area contributed by atoms with E-state index in [4.69, 9.17) is 13.9 Å². The highest BCUT2D eigenvalue weighted by atomic mass is 32.2. The van der Waals surface area contributed by atoms with Crippen molar-refractivity contribution in [2.45, 2.75) is 18.4 Å². The van der Waals surface area contributed by atoms with E-state index >= 15 is 0 Å². The largest absolute Gasteiger partial charge is 0.497 e. The number of nitrogens with one attached hydrogen (secondary N) is 1. The normalized spacial score (nSPS) is 11.4. The van der Waals surface area contributed by atoms with E-state index in [9.17, 15) is 8.42 Å². The number of methoxy groups -OCH3 is 2. The summed E-state index contributed by atoms with van der Waals surface area (Å²) in [6.45, 7) is 1.75. The van der Waals surface area contributed by atoms with E-state index in [1.165, 1.54) is 32.7 Å². The number of hydrogen-bond acceptors (Lipinski definition) is 6. The molecule has 8 heteroatoms. The number of aryl methyl sites for hydroxylation is 1. The molecule has 0 saturated heterocycles. The van der Waals surface area contributed by atoms with E-state index in [0.717, 1.165) is 0 Å². The molecule has 0 unspecified atom stereocenters. The molecule has 0 saturated carbocycles. The van der Waals surface area contributed by atoms with E-state index in [0.29, 0.717) is 17.2 Å². The number of oxazole rings is 1.